The van der Waals surface area contributed by atoms with Crippen LogP contribution >= 0.6 is 0 Å². The molecule has 0 saturated heterocycles. The third kappa shape index (κ3) is 2.96. The Balaban J connectivity index is 1.57. The summed E-state index contributed by atoms with van der Waals surface area (Å²) in [5.41, 5.74) is 2.66. The molecular weight excluding hydrogens is 330 g/mol. The van der Waals surface area contributed by atoms with Crippen molar-refractivity contribution in [3.05, 3.63) is 29.8 Å². The number of hydrazine groups is 1. The van der Waals surface area contributed by atoms with Gasteiger partial charge in [-0.2, -0.15) is 0 Å². The number of benzene rings is 1. The van der Waals surface area contributed by atoms with E-state index in [0.29, 0.717) is 29.1 Å². The van der Waals surface area contributed by atoms with Crippen LogP contribution in [0.5, 0.6) is 5.75 Å². The van der Waals surface area contributed by atoms with Crippen molar-refractivity contribution in [2.24, 2.45) is 29.0 Å². The van der Waals surface area contributed by atoms with E-state index in [1.54, 1.807) is 31.4 Å². The zero-order valence-electron chi connectivity index (χ0n) is 15.2. The first-order chi connectivity index (χ1) is 12.5. The molecule has 5 rings (SSSR count). The molecule has 140 valence electrons. The fourth-order valence-corrected chi connectivity index (χ4v) is 6.07. The number of hydrogen-bond donors (Lipinski definition) is 3. The molecule has 4 saturated carbocycles. The van der Waals surface area contributed by atoms with Crippen molar-refractivity contribution >= 4 is 11.8 Å². The van der Waals surface area contributed by atoms with E-state index in [1.165, 1.54) is 19.3 Å². The monoisotopic (exact) mass is 357 g/mol. The maximum Gasteiger partial charge on any atom is 0.257 e. The summed E-state index contributed by atoms with van der Waals surface area (Å²) in [5.74, 6) is 7.71. The predicted octanol–water partition coefficient (Wildman–Crippen LogP) is 2.00. The number of rotatable bonds is 5. The van der Waals surface area contributed by atoms with E-state index in [0.717, 1.165) is 19.3 Å². The molecular formula is C20H27N3O3. The second-order valence-corrected chi connectivity index (χ2v) is 8.42. The zero-order chi connectivity index (χ0) is 18.3. The summed E-state index contributed by atoms with van der Waals surface area (Å²) in [5, 5.41) is 3.01. The van der Waals surface area contributed by atoms with Crippen molar-refractivity contribution in [2.45, 2.75) is 44.6 Å². The summed E-state index contributed by atoms with van der Waals surface area (Å²) in [6, 6.07) is 6.35. The maximum absolute atomic E-state index is 12.8. The van der Waals surface area contributed by atoms with Gasteiger partial charge in [0.15, 0.2) is 0 Å². The normalized spacial score (nSPS) is 32.8. The zero-order valence-corrected chi connectivity index (χ0v) is 15.2. The van der Waals surface area contributed by atoms with Crippen molar-refractivity contribution in [3.63, 3.8) is 0 Å². The first kappa shape index (κ1) is 17.3. The summed E-state index contributed by atoms with van der Waals surface area (Å²) in [4.78, 5) is 25.4. The van der Waals surface area contributed by atoms with Crippen molar-refractivity contribution in [2.75, 3.05) is 7.11 Å². The third-order valence-electron chi connectivity index (χ3n) is 6.73. The molecule has 2 amide bonds. The van der Waals surface area contributed by atoms with Gasteiger partial charge in [-0.3, -0.25) is 15.0 Å². The third-order valence-corrected chi connectivity index (χ3v) is 6.73. The van der Waals surface area contributed by atoms with Crippen molar-refractivity contribution < 1.29 is 14.3 Å². The summed E-state index contributed by atoms with van der Waals surface area (Å²) >= 11 is 0. The van der Waals surface area contributed by atoms with Gasteiger partial charge in [0, 0.05) is 11.0 Å². The Bertz CT molecular complexity index is 665. The van der Waals surface area contributed by atoms with E-state index in [-0.39, 0.29) is 17.2 Å². The van der Waals surface area contributed by atoms with Crippen molar-refractivity contribution in [1.29, 1.82) is 0 Å². The largest absolute Gasteiger partial charge is 0.497 e. The molecule has 1 atom stereocenters. The van der Waals surface area contributed by atoms with Gasteiger partial charge in [-0.25, -0.2) is 5.84 Å². The molecule has 4 aliphatic rings. The van der Waals surface area contributed by atoms with Crippen LogP contribution in [0, 0.1) is 23.2 Å². The number of ether oxygens (including phenoxy) is 1. The summed E-state index contributed by atoms with van der Waals surface area (Å²) < 4.78 is 5.14. The van der Waals surface area contributed by atoms with Gasteiger partial charge in [0.25, 0.3) is 11.8 Å². The van der Waals surface area contributed by atoms with Gasteiger partial charge in [0.1, 0.15) is 11.8 Å². The van der Waals surface area contributed by atoms with Crippen LogP contribution in [-0.2, 0) is 4.79 Å². The van der Waals surface area contributed by atoms with E-state index < -0.39 is 6.04 Å². The highest BCUT2D eigenvalue weighted by atomic mass is 16.5. The van der Waals surface area contributed by atoms with Crippen LogP contribution in [0.15, 0.2) is 24.3 Å². The van der Waals surface area contributed by atoms with Crippen LogP contribution in [0.25, 0.3) is 0 Å². The van der Waals surface area contributed by atoms with Gasteiger partial charge in [-0.15, -0.1) is 0 Å². The number of nitrogens with one attached hydrogen (secondary N) is 2. The van der Waals surface area contributed by atoms with Gasteiger partial charge >= 0.3 is 0 Å². The molecule has 4 aliphatic carbocycles. The molecule has 6 heteroatoms. The summed E-state index contributed by atoms with van der Waals surface area (Å²) in [6.07, 6.45) is 6.88. The van der Waals surface area contributed by atoms with Crippen LogP contribution < -0.4 is 21.3 Å². The minimum Gasteiger partial charge on any atom is -0.497 e. The lowest BCUT2D eigenvalue weighted by molar-refractivity contribution is -0.134. The Morgan fingerprint density at radius 1 is 1.08 bits per heavy atom. The van der Waals surface area contributed by atoms with E-state index in [9.17, 15) is 9.59 Å². The van der Waals surface area contributed by atoms with E-state index in [4.69, 9.17) is 10.6 Å². The van der Waals surface area contributed by atoms with Crippen LogP contribution in [0.4, 0.5) is 0 Å². The standard InChI is InChI=1S/C20H27N3O3/c1-26-16-4-2-15(3-5-16)18(24)22-17(19(25)23-21)20-9-12-6-13(10-20)8-14(7-12)11-20/h2-5,12-14,17H,6-11,21H2,1H3,(H,22,24)(H,23,25). The maximum atomic E-state index is 12.8. The minimum absolute atomic E-state index is 0.152. The van der Waals surface area contributed by atoms with Crippen molar-refractivity contribution in [3.8, 4) is 5.75 Å². The first-order valence-electron chi connectivity index (χ1n) is 9.48. The van der Waals surface area contributed by atoms with Crippen LogP contribution in [-0.4, -0.2) is 25.0 Å². The average Bonchev–Trinajstić information content (AvgIpc) is 2.64. The molecule has 1 aromatic carbocycles. The Labute approximate surface area is 153 Å². The van der Waals surface area contributed by atoms with E-state index >= 15 is 0 Å². The molecule has 26 heavy (non-hydrogen) atoms. The Morgan fingerprint density at radius 3 is 2.08 bits per heavy atom. The van der Waals surface area contributed by atoms with Gasteiger partial charge in [0.2, 0.25) is 0 Å². The van der Waals surface area contributed by atoms with E-state index in [2.05, 4.69) is 10.7 Å². The smallest absolute Gasteiger partial charge is 0.257 e. The molecule has 0 radical (unpaired) electrons. The average molecular weight is 357 g/mol. The molecule has 4 N–H and O–H groups in total. The molecule has 0 aliphatic heterocycles. The predicted molar refractivity (Wildman–Crippen MR) is 97.2 cm³/mol. The minimum atomic E-state index is -0.574. The lowest BCUT2D eigenvalue weighted by atomic mass is 9.47. The highest BCUT2D eigenvalue weighted by Gasteiger charge is 2.56. The van der Waals surface area contributed by atoms with Gasteiger partial charge in [-0.1, -0.05) is 0 Å². The summed E-state index contributed by atoms with van der Waals surface area (Å²) in [6.45, 7) is 0. The molecule has 1 unspecified atom stereocenters. The number of methoxy groups -OCH3 is 1. The quantitative estimate of drug-likeness (QED) is 0.427. The Hall–Kier alpha value is -2.08. The number of nitrogens with two attached hydrogens (primary N) is 1. The fraction of sp³-hybridized carbons (Fsp3) is 0.600. The summed E-state index contributed by atoms with van der Waals surface area (Å²) in [7, 11) is 1.59. The number of amides is 2. The molecule has 4 bridgehead atoms. The lowest BCUT2D eigenvalue weighted by Crippen LogP contribution is -2.62. The molecule has 4 fully saturated rings. The molecule has 0 spiro atoms. The van der Waals surface area contributed by atoms with E-state index in [1.807, 2.05) is 0 Å². The van der Waals surface area contributed by atoms with Crippen molar-refractivity contribution in [1.82, 2.24) is 10.7 Å². The van der Waals surface area contributed by atoms with Crippen LogP contribution in [0.1, 0.15) is 48.9 Å². The second kappa shape index (κ2) is 6.58. The van der Waals surface area contributed by atoms with Gasteiger partial charge < -0.3 is 10.1 Å². The topological polar surface area (TPSA) is 93.4 Å². The van der Waals surface area contributed by atoms with Gasteiger partial charge in [0.05, 0.1) is 7.11 Å². The Morgan fingerprint density at radius 2 is 1.62 bits per heavy atom. The highest BCUT2D eigenvalue weighted by Crippen LogP contribution is 2.61. The Kier molecular flexibility index (Phi) is 4.39. The molecule has 0 heterocycles. The number of carbonyl (C=O) groups is 2. The number of carbonyl (C=O) groups excluding carboxylic acids is 2. The molecule has 0 aromatic heterocycles. The van der Waals surface area contributed by atoms with Crippen LogP contribution in [0.2, 0.25) is 0 Å². The fourth-order valence-electron chi connectivity index (χ4n) is 6.07. The second-order valence-electron chi connectivity index (χ2n) is 8.42. The van der Waals surface area contributed by atoms with Gasteiger partial charge in [-0.05, 0) is 80.5 Å². The number of hydrogen-bond acceptors (Lipinski definition) is 4. The lowest BCUT2D eigenvalue weighted by Gasteiger charge is -2.58. The first-order valence-corrected chi connectivity index (χ1v) is 9.48. The molecule has 6 nitrogen and oxygen atoms in total. The highest BCUT2D eigenvalue weighted by molar-refractivity contribution is 5.97. The SMILES string of the molecule is COc1ccc(C(=O)NC(C(=O)NN)C23CC4CC(CC(C4)C2)C3)cc1. The molecule has 1 aromatic rings. The van der Waals surface area contributed by atoms with Crippen LogP contribution in [0.3, 0.4) is 0 Å².